The Kier molecular flexibility index (Phi) is 3.79. The number of carboxylic acids is 1. The summed E-state index contributed by atoms with van der Waals surface area (Å²) in [6.45, 7) is 4.06. The number of phenols is 1. The molecular weight excluding hydrogens is 256 g/mol. The first-order valence-electron chi connectivity index (χ1n) is 6.61. The summed E-state index contributed by atoms with van der Waals surface area (Å²) in [5.74, 6) is -1.36. The molecule has 0 saturated carbocycles. The van der Waals surface area contributed by atoms with Crippen LogP contribution in [0.3, 0.4) is 0 Å². The first-order valence-corrected chi connectivity index (χ1v) is 6.61. The first kappa shape index (κ1) is 14.1. The van der Waals surface area contributed by atoms with Crippen molar-refractivity contribution < 1.29 is 15.0 Å². The highest BCUT2D eigenvalue weighted by Gasteiger charge is 2.18. The molecule has 0 aliphatic heterocycles. The lowest BCUT2D eigenvalue weighted by Gasteiger charge is -2.07. The summed E-state index contributed by atoms with van der Waals surface area (Å²) in [6, 6.07) is 4.66. The van der Waals surface area contributed by atoms with Gasteiger partial charge in [0.05, 0.1) is 5.69 Å². The number of aryl methyl sites for hydroxylation is 2. The Balaban J connectivity index is 2.68. The van der Waals surface area contributed by atoms with E-state index in [2.05, 4.69) is 5.10 Å². The predicted octanol–water partition coefficient (Wildman–Crippen LogP) is 2.62. The molecule has 0 atom stereocenters. The molecule has 1 heterocycles. The van der Waals surface area contributed by atoms with E-state index in [1.807, 2.05) is 25.6 Å². The predicted molar refractivity (Wildman–Crippen MR) is 76.0 cm³/mol. The number of aromatic hydroxyl groups is 1. The molecule has 2 N–H and O–H groups in total. The second kappa shape index (κ2) is 5.36. The molecule has 0 aliphatic carbocycles. The number of hydrogen-bond acceptors (Lipinski definition) is 3. The van der Waals surface area contributed by atoms with E-state index in [1.165, 1.54) is 12.1 Å². The summed E-state index contributed by atoms with van der Waals surface area (Å²) in [6.07, 6.45) is 1.58. The van der Waals surface area contributed by atoms with Gasteiger partial charge in [-0.3, -0.25) is 4.68 Å². The van der Waals surface area contributed by atoms with Crippen molar-refractivity contribution in [3.05, 3.63) is 35.2 Å². The summed E-state index contributed by atoms with van der Waals surface area (Å²) in [5, 5.41) is 23.2. The zero-order chi connectivity index (χ0) is 14.9. The Morgan fingerprint density at radius 3 is 2.55 bits per heavy atom. The topological polar surface area (TPSA) is 75.3 Å². The largest absolute Gasteiger partial charge is 0.507 e. The fraction of sp³-hybridized carbons (Fsp3) is 0.333. The number of carbonyl (C=O) groups is 1. The van der Waals surface area contributed by atoms with Gasteiger partial charge < -0.3 is 10.2 Å². The molecule has 20 heavy (non-hydrogen) atoms. The van der Waals surface area contributed by atoms with Crippen molar-refractivity contribution in [2.24, 2.45) is 7.05 Å². The fourth-order valence-electron chi connectivity index (χ4n) is 2.47. The lowest BCUT2D eigenvalue weighted by atomic mass is 9.98. The van der Waals surface area contributed by atoms with E-state index in [0.717, 1.165) is 35.4 Å². The molecule has 2 aromatic rings. The lowest BCUT2D eigenvalue weighted by molar-refractivity contribution is 0.0694. The maximum Gasteiger partial charge on any atom is 0.339 e. The third kappa shape index (κ3) is 2.27. The van der Waals surface area contributed by atoms with Crippen molar-refractivity contribution in [1.82, 2.24) is 9.78 Å². The van der Waals surface area contributed by atoms with E-state index in [0.29, 0.717) is 0 Å². The number of nitrogens with zero attached hydrogens (tertiary/aromatic N) is 2. The summed E-state index contributed by atoms with van der Waals surface area (Å²) < 4.78 is 1.83. The third-order valence-corrected chi connectivity index (χ3v) is 3.42. The van der Waals surface area contributed by atoms with Gasteiger partial charge in [-0.25, -0.2) is 4.79 Å². The number of carboxylic acid groups (broad SMARTS) is 1. The zero-order valence-electron chi connectivity index (χ0n) is 11.8. The molecule has 0 saturated heterocycles. The molecular formula is C15H18N2O3. The maximum absolute atomic E-state index is 11.1. The summed E-state index contributed by atoms with van der Waals surface area (Å²) >= 11 is 0. The molecule has 0 bridgehead atoms. The molecule has 5 nitrogen and oxygen atoms in total. The number of benzene rings is 1. The van der Waals surface area contributed by atoms with Gasteiger partial charge in [0, 0.05) is 18.3 Å². The minimum atomic E-state index is -1.13. The number of rotatable bonds is 4. The van der Waals surface area contributed by atoms with Crippen LogP contribution in [0.2, 0.25) is 0 Å². The van der Waals surface area contributed by atoms with E-state index in [1.54, 1.807) is 6.07 Å². The van der Waals surface area contributed by atoms with Crippen LogP contribution < -0.4 is 0 Å². The van der Waals surface area contributed by atoms with Crippen LogP contribution in [-0.4, -0.2) is 26.0 Å². The molecule has 0 fully saturated rings. The van der Waals surface area contributed by atoms with Crippen molar-refractivity contribution >= 4 is 5.97 Å². The molecule has 0 radical (unpaired) electrons. The van der Waals surface area contributed by atoms with Gasteiger partial charge in [0.25, 0.3) is 0 Å². The van der Waals surface area contributed by atoms with Gasteiger partial charge in [0.2, 0.25) is 0 Å². The van der Waals surface area contributed by atoms with Gasteiger partial charge in [-0.05, 0) is 30.5 Å². The highest BCUT2D eigenvalue weighted by molar-refractivity contribution is 5.92. The molecule has 106 valence electrons. The van der Waals surface area contributed by atoms with Gasteiger partial charge in [-0.15, -0.1) is 0 Å². The van der Waals surface area contributed by atoms with Crippen LogP contribution in [-0.2, 0) is 19.9 Å². The molecule has 1 aromatic carbocycles. The van der Waals surface area contributed by atoms with Crippen molar-refractivity contribution in [3.63, 3.8) is 0 Å². The smallest absolute Gasteiger partial charge is 0.339 e. The molecule has 5 heteroatoms. The van der Waals surface area contributed by atoms with Crippen molar-refractivity contribution in [1.29, 1.82) is 0 Å². The number of aromatic nitrogens is 2. The van der Waals surface area contributed by atoms with Crippen LogP contribution in [0, 0.1) is 0 Å². The van der Waals surface area contributed by atoms with Gasteiger partial charge in [0.1, 0.15) is 11.3 Å². The van der Waals surface area contributed by atoms with E-state index < -0.39 is 5.97 Å². The van der Waals surface area contributed by atoms with Gasteiger partial charge in [-0.1, -0.05) is 19.9 Å². The standard InChI is InChI=1S/C15H18N2O3/c1-4-11-14(12(5-2)17(3)16-11)9-6-7-13(18)10(8-9)15(19)20/h6-8,18H,4-5H2,1-3H3,(H,19,20). The van der Waals surface area contributed by atoms with E-state index in [4.69, 9.17) is 5.11 Å². The minimum absolute atomic E-state index is 0.0875. The average Bonchev–Trinajstić information content (AvgIpc) is 2.75. The highest BCUT2D eigenvalue weighted by Crippen LogP contribution is 2.31. The van der Waals surface area contributed by atoms with Gasteiger partial charge >= 0.3 is 5.97 Å². The Bertz CT molecular complexity index is 659. The Hall–Kier alpha value is -2.30. The average molecular weight is 274 g/mol. The number of hydrogen-bond donors (Lipinski definition) is 2. The second-order valence-electron chi connectivity index (χ2n) is 4.64. The normalized spacial score (nSPS) is 10.8. The maximum atomic E-state index is 11.1. The van der Waals surface area contributed by atoms with Crippen molar-refractivity contribution in [2.75, 3.05) is 0 Å². The molecule has 2 rings (SSSR count). The van der Waals surface area contributed by atoms with E-state index in [9.17, 15) is 9.90 Å². The van der Waals surface area contributed by atoms with Crippen LogP contribution in [0.5, 0.6) is 5.75 Å². The minimum Gasteiger partial charge on any atom is -0.507 e. The quantitative estimate of drug-likeness (QED) is 0.898. The molecule has 0 aliphatic rings. The fourth-order valence-corrected chi connectivity index (χ4v) is 2.47. The molecule has 1 aromatic heterocycles. The van der Waals surface area contributed by atoms with Gasteiger partial charge in [-0.2, -0.15) is 5.10 Å². The Labute approximate surface area is 117 Å². The van der Waals surface area contributed by atoms with Crippen LogP contribution in [0.4, 0.5) is 0 Å². The van der Waals surface area contributed by atoms with Crippen molar-refractivity contribution in [2.45, 2.75) is 26.7 Å². The van der Waals surface area contributed by atoms with Crippen LogP contribution in [0.15, 0.2) is 18.2 Å². The molecule has 0 unspecified atom stereocenters. The summed E-state index contributed by atoms with van der Waals surface area (Å²) in [4.78, 5) is 11.1. The Morgan fingerprint density at radius 1 is 1.30 bits per heavy atom. The highest BCUT2D eigenvalue weighted by atomic mass is 16.4. The number of aromatic carboxylic acids is 1. The Morgan fingerprint density at radius 2 is 2.00 bits per heavy atom. The van der Waals surface area contributed by atoms with E-state index >= 15 is 0 Å². The molecule has 0 amide bonds. The summed E-state index contributed by atoms with van der Waals surface area (Å²) in [7, 11) is 1.89. The van der Waals surface area contributed by atoms with Gasteiger partial charge in [0.15, 0.2) is 0 Å². The SMILES string of the molecule is CCc1nn(C)c(CC)c1-c1ccc(O)c(C(=O)O)c1. The van der Waals surface area contributed by atoms with Crippen LogP contribution in [0.25, 0.3) is 11.1 Å². The van der Waals surface area contributed by atoms with Crippen LogP contribution >= 0.6 is 0 Å². The third-order valence-electron chi connectivity index (χ3n) is 3.42. The molecule has 0 spiro atoms. The van der Waals surface area contributed by atoms with Crippen LogP contribution in [0.1, 0.15) is 35.6 Å². The summed E-state index contributed by atoms with van der Waals surface area (Å²) in [5.41, 5.74) is 3.66. The first-order chi connectivity index (χ1) is 9.49. The lowest BCUT2D eigenvalue weighted by Crippen LogP contribution is -1.99. The zero-order valence-corrected chi connectivity index (χ0v) is 11.8. The van der Waals surface area contributed by atoms with Crippen molar-refractivity contribution in [3.8, 4) is 16.9 Å². The monoisotopic (exact) mass is 274 g/mol. The second-order valence-corrected chi connectivity index (χ2v) is 4.64. The van der Waals surface area contributed by atoms with E-state index in [-0.39, 0.29) is 11.3 Å².